The lowest BCUT2D eigenvalue weighted by molar-refractivity contribution is 0.0951. The predicted molar refractivity (Wildman–Crippen MR) is 80.1 cm³/mol. The van der Waals surface area contributed by atoms with Gasteiger partial charge >= 0.3 is 0 Å². The normalized spacial score (nSPS) is 13.2. The molecule has 0 fully saturated rings. The van der Waals surface area contributed by atoms with Crippen molar-refractivity contribution in [1.82, 2.24) is 5.32 Å². The molecular weight excluding hydrogens is 333 g/mol. The number of carbonyl (C=O) groups is 1. The average Bonchev–Trinajstić information content (AvgIpc) is 2.23. The fraction of sp³-hybridized carbons (Fsp3) is 0.500. The zero-order valence-corrected chi connectivity index (χ0v) is 13.6. The first-order valence-corrected chi connectivity index (χ1v) is 7.29. The molecule has 0 saturated carbocycles. The van der Waals surface area contributed by atoms with Gasteiger partial charge in [-0.3, -0.25) is 4.79 Å². The second-order valence-electron chi connectivity index (χ2n) is 5.70. The maximum atomic E-state index is 12.9. The van der Waals surface area contributed by atoms with Crippen molar-refractivity contribution in [2.24, 2.45) is 5.41 Å². The zero-order valence-electron chi connectivity index (χ0n) is 11.3. The largest absolute Gasteiger partial charge is 0.351 e. The third-order valence-electron chi connectivity index (χ3n) is 2.49. The number of nitrogens with one attached hydrogen (secondary N) is 1. The van der Waals surface area contributed by atoms with Crippen LogP contribution in [-0.2, 0) is 0 Å². The van der Waals surface area contributed by atoms with Gasteiger partial charge < -0.3 is 5.32 Å². The Morgan fingerprint density at radius 2 is 2.11 bits per heavy atom. The van der Waals surface area contributed by atoms with E-state index < -0.39 is 0 Å². The molecule has 1 rings (SSSR count). The van der Waals surface area contributed by atoms with Gasteiger partial charge in [0.15, 0.2) is 0 Å². The zero-order chi connectivity index (χ0) is 14.6. The highest BCUT2D eigenvalue weighted by Crippen LogP contribution is 2.23. The summed E-state index contributed by atoms with van der Waals surface area (Å²) in [6.45, 7) is 6.68. The molecule has 0 saturated heterocycles. The van der Waals surface area contributed by atoms with Crippen molar-refractivity contribution in [2.75, 3.05) is 6.54 Å². The summed E-state index contributed by atoms with van der Waals surface area (Å²) in [4.78, 5) is 11.9. The van der Waals surface area contributed by atoms with Crippen LogP contribution in [0.25, 0.3) is 0 Å². The second kappa shape index (κ2) is 6.71. The number of hydrogen-bond acceptors (Lipinski definition) is 1. The van der Waals surface area contributed by atoms with Crippen molar-refractivity contribution >= 4 is 33.4 Å². The fourth-order valence-corrected chi connectivity index (χ4v) is 2.78. The molecule has 0 aliphatic carbocycles. The molecular formula is C14H18BrClFNO. The molecule has 1 aromatic rings. The minimum Gasteiger partial charge on any atom is -0.351 e. The molecule has 1 amide bonds. The third-order valence-corrected chi connectivity index (χ3v) is 3.46. The number of benzene rings is 1. The van der Waals surface area contributed by atoms with E-state index in [0.29, 0.717) is 16.6 Å². The van der Waals surface area contributed by atoms with Crippen molar-refractivity contribution in [3.63, 3.8) is 0 Å². The summed E-state index contributed by atoms with van der Waals surface area (Å²) in [6, 6.07) is 3.97. The Bertz CT molecular complexity index is 459. The molecule has 1 aromatic carbocycles. The van der Waals surface area contributed by atoms with E-state index in [4.69, 9.17) is 11.6 Å². The van der Waals surface area contributed by atoms with E-state index in [1.54, 1.807) is 0 Å². The molecule has 1 unspecified atom stereocenters. The summed E-state index contributed by atoms with van der Waals surface area (Å²) in [6.07, 6.45) is 0.805. The highest BCUT2D eigenvalue weighted by molar-refractivity contribution is 9.10. The highest BCUT2D eigenvalue weighted by atomic mass is 79.9. The lowest BCUT2D eigenvalue weighted by Crippen LogP contribution is -2.31. The molecule has 0 radical (unpaired) electrons. The summed E-state index contributed by atoms with van der Waals surface area (Å²) in [7, 11) is 0. The van der Waals surface area contributed by atoms with Crippen LogP contribution >= 0.6 is 27.5 Å². The van der Waals surface area contributed by atoms with Crippen molar-refractivity contribution in [3.05, 3.63) is 34.1 Å². The smallest absolute Gasteiger partial charge is 0.252 e. The number of alkyl halides is 1. The van der Waals surface area contributed by atoms with Gasteiger partial charge in [0, 0.05) is 11.0 Å². The van der Waals surface area contributed by atoms with Gasteiger partial charge in [-0.1, -0.05) is 20.8 Å². The van der Waals surface area contributed by atoms with E-state index in [0.717, 1.165) is 6.42 Å². The monoisotopic (exact) mass is 349 g/mol. The van der Waals surface area contributed by atoms with E-state index in [9.17, 15) is 9.18 Å². The molecule has 0 aromatic heterocycles. The van der Waals surface area contributed by atoms with Gasteiger partial charge in [-0.2, -0.15) is 0 Å². The molecule has 0 spiro atoms. The Morgan fingerprint density at radius 3 is 2.63 bits per heavy atom. The summed E-state index contributed by atoms with van der Waals surface area (Å²) in [5, 5.41) is 2.64. The average molecular weight is 351 g/mol. The van der Waals surface area contributed by atoms with E-state index in [2.05, 4.69) is 42.0 Å². The minimum absolute atomic E-state index is 0.119. The summed E-state index contributed by atoms with van der Waals surface area (Å²) in [5.41, 5.74) is 0.522. The van der Waals surface area contributed by atoms with Gasteiger partial charge in [-0.25, -0.2) is 4.39 Å². The Hall–Kier alpha value is -0.610. The highest BCUT2D eigenvalue weighted by Gasteiger charge is 2.18. The van der Waals surface area contributed by atoms with E-state index in [-0.39, 0.29) is 22.5 Å². The molecule has 0 heterocycles. The van der Waals surface area contributed by atoms with Crippen molar-refractivity contribution in [2.45, 2.75) is 32.6 Å². The van der Waals surface area contributed by atoms with E-state index in [1.165, 1.54) is 18.2 Å². The van der Waals surface area contributed by atoms with Crippen molar-refractivity contribution in [1.29, 1.82) is 0 Å². The Labute approximate surface area is 126 Å². The third kappa shape index (κ3) is 5.91. The van der Waals surface area contributed by atoms with Gasteiger partial charge in [0.05, 0.1) is 10.9 Å². The number of amides is 1. The topological polar surface area (TPSA) is 29.1 Å². The summed E-state index contributed by atoms with van der Waals surface area (Å²) < 4.78 is 13.4. The number of rotatable bonds is 4. The summed E-state index contributed by atoms with van der Waals surface area (Å²) >= 11 is 9.35. The second-order valence-corrected chi connectivity index (χ2v) is 7.17. The number of hydrogen-bond donors (Lipinski definition) is 1. The minimum atomic E-state index is -0.383. The Balaban J connectivity index is 2.56. The number of carbonyl (C=O) groups excluding carboxylic acids is 1. The van der Waals surface area contributed by atoms with Crippen LogP contribution in [0.2, 0.25) is 0 Å². The Morgan fingerprint density at radius 1 is 1.47 bits per heavy atom. The quantitative estimate of drug-likeness (QED) is 0.803. The van der Waals surface area contributed by atoms with Crippen LogP contribution in [0.5, 0.6) is 0 Å². The molecule has 5 heteroatoms. The predicted octanol–water partition coefficient (Wildman–Crippen LogP) is 4.36. The molecule has 106 valence electrons. The van der Waals surface area contributed by atoms with Crippen LogP contribution in [-0.4, -0.2) is 17.8 Å². The SMILES string of the molecule is CC(C)(C)CC(Cl)CNC(=O)c1ccc(F)cc1Br. The maximum absolute atomic E-state index is 12.9. The van der Waals surface area contributed by atoms with Gasteiger partial charge in [0.1, 0.15) is 5.82 Å². The lowest BCUT2D eigenvalue weighted by Gasteiger charge is -2.22. The van der Waals surface area contributed by atoms with Crippen LogP contribution in [0.3, 0.4) is 0 Å². The molecule has 1 N–H and O–H groups in total. The van der Waals surface area contributed by atoms with Gasteiger partial charge in [0.2, 0.25) is 0 Å². The van der Waals surface area contributed by atoms with E-state index >= 15 is 0 Å². The van der Waals surface area contributed by atoms with Crippen molar-refractivity contribution < 1.29 is 9.18 Å². The lowest BCUT2D eigenvalue weighted by atomic mass is 9.90. The first-order chi connectivity index (χ1) is 8.69. The number of halogens is 3. The van der Waals surface area contributed by atoms with Crippen LogP contribution in [0, 0.1) is 11.2 Å². The van der Waals surface area contributed by atoms with Crippen LogP contribution in [0.15, 0.2) is 22.7 Å². The molecule has 19 heavy (non-hydrogen) atoms. The maximum Gasteiger partial charge on any atom is 0.252 e. The molecule has 0 aliphatic heterocycles. The van der Waals surface area contributed by atoms with Gasteiger partial charge in [-0.15, -0.1) is 11.6 Å². The molecule has 0 aliphatic rings. The molecule has 0 bridgehead atoms. The Kier molecular flexibility index (Phi) is 5.81. The van der Waals surface area contributed by atoms with Crippen LogP contribution < -0.4 is 5.32 Å². The first kappa shape index (κ1) is 16.4. The van der Waals surface area contributed by atoms with Gasteiger partial charge in [-0.05, 0) is 46.0 Å². The summed E-state index contributed by atoms with van der Waals surface area (Å²) in [5.74, 6) is -0.641. The van der Waals surface area contributed by atoms with Crippen LogP contribution in [0.1, 0.15) is 37.6 Å². The van der Waals surface area contributed by atoms with Crippen LogP contribution in [0.4, 0.5) is 4.39 Å². The van der Waals surface area contributed by atoms with Crippen molar-refractivity contribution in [3.8, 4) is 0 Å². The fourth-order valence-electron chi connectivity index (χ4n) is 1.71. The van der Waals surface area contributed by atoms with Gasteiger partial charge in [0.25, 0.3) is 5.91 Å². The molecule has 2 nitrogen and oxygen atoms in total. The molecule has 1 atom stereocenters. The standard InChI is InChI=1S/C14H18BrClFNO/c1-14(2,3)7-9(16)8-18-13(19)11-5-4-10(17)6-12(11)15/h4-6,9H,7-8H2,1-3H3,(H,18,19). The first-order valence-electron chi connectivity index (χ1n) is 6.06. The van der Waals surface area contributed by atoms with E-state index in [1.807, 2.05) is 0 Å².